The summed E-state index contributed by atoms with van der Waals surface area (Å²) < 4.78 is 11.2. The van der Waals surface area contributed by atoms with Crippen LogP contribution in [0.1, 0.15) is 53.6 Å². The van der Waals surface area contributed by atoms with Crippen LogP contribution >= 0.6 is 0 Å². The Morgan fingerprint density at radius 2 is 1.44 bits per heavy atom. The number of esters is 1. The quantitative estimate of drug-likeness (QED) is 0.129. The zero-order chi connectivity index (χ0) is 31.4. The Hall–Kier alpha value is -4.91. The summed E-state index contributed by atoms with van der Waals surface area (Å²) in [7, 11) is 1.35. The summed E-state index contributed by atoms with van der Waals surface area (Å²) in [6.45, 7) is 0.807. The maximum Gasteiger partial charge on any atom is 0.328 e. The van der Waals surface area contributed by atoms with Crippen LogP contribution in [0.3, 0.4) is 0 Å². The van der Waals surface area contributed by atoms with Gasteiger partial charge in [-0.15, -0.1) is 0 Å². The molecule has 1 saturated carbocycles. The van der Waals surface area contributed by atoms with Crippen LogP contribution in [-0.4, -0.2) is 44.0 Å². The van der Waals surface area contributed by atoms with Gasteiger partial charge in [-0.3, -0.25) is 9.59 Å². The number of anilines is 2. The van der Waals surface area contributed by atoms with Crippen molar-refractivity contribution < 1.29 is 23.9 Å². The van der Waals surface area contributed by atoms with Crippen LogP contribution in [0.5, 0.6) is 5.75 Å². The minimum Gasteiger partial charge on any atom is -0.492 e. The summed E-state index contributed by atoms with van der Waals surface area (Å²) in [5.41, 5.74) is 3.40. The molecule has 1 N–H and O–H groups in total. The van der Waals surface area contributed by atoms with Gasteiger partial charge in [0.05, 0.1) is 13.7 Å². The number of carbonyl (C=O) groups is 3. The van der Waals surface area contributed by atoms with Gasteiger partial charge in [0.2, 0.25) is 5.91 Å². The highest BCUT2D eigenvalue weighted by Gasteiger charge is 2.27. The molecule has 1 amide bonds. The molecule has 1 fully saturated rings. The molecule has 1 aliphatic rings. The van der Waals surface area contributed by atoms with Gasteiger partial charge in [-0.1, -0.05) is 92.1 Å². The summed E-state index contributed by atoms with van der Waals surface area (Å²) in [5.74, 6) is 0.362. The van der Waals surface area contributed by atoms with Crippen LogP contribution in [0.15, 0.2) is 109 Å². The number of ether oxygens (including phenoxy) is 2. The molecule has 0 bridgehead atoms. The molecule has 1 unspecified atom stereocenters. The van der Waals surface area contributed by atoms with E-state index in [4.69, 9.17) is 9.47 Å². The molecule has 4 aromatic carbocycles. The second-order valence-electron chi connectivity index (χ2n) is 11.3. The first kappa shape index (κ1) is 31.5. The van der Waals surface area contributed by atoms with Gasteiger partial charge in [0.15, 0.2) is 5.78 Å². The zero-order valence-electron chi connectivity index (χ0n) is 25.7. The second kappa shape index (κ2) is 15.7. The number of hydrogen-bond acceptors (Lipinski definition) is 6. The fraction of sp³-hybridized carbons (Fsp3) is 0.289. The molecular weight excluding hydrogens is 564 g/mol. The summed E-state index contributed by atoms with van der Waals surface area (Å²) >= 11 is 0. The molecular formula is C38H40N2O5. The Kier molecular flexibility index (Phi) is 11.0. The van der Waals surface area contributed by atoms with Crippen molar-refractivity contribution in [1.29, 1.82) is 0 Å². The van der Waals surface area contributed by atoms with E-state index in [0.29, 0.717) is 42.1 Å². The molecule has 4 aromatic rings. The van der Waals surface area contributed by atoms with Crippen LogP contribution in [0.4, 0.5) is 11.4 Å². The van der Waals surface area contributed by atoms with Crippen LogP contribution in [-0.2, 0) is 20.7 Å². The van der Waals surface area contributed by atoms with E-state index in [9.17, 15) is 14.4 Å². The van der Waals surface area contributed by atoms with Crippen LogP contribution in [0.2, 0.25) is 0 Å². The smallest absolute Gasteiger partial charge is 0.328 e. The fourth-order valence-corrected chi connectivity index (χ4v) is 5.83. The van der Waals surface area contributed by atoms with E-state index in [-0.39, 0.29) is 17.6 Å². The standard InChI is InChI=1S/C38H40N2O5/c1-44-38(43)35(39-34-20-12-11-19-33(34)36(41)29-13-5-2-6-14-29)27-28-21-23-32(24-22-28)45-26-25-40(31-17-9-4-10-18-31)37(42)30-15-7-3-8-16-30/h2,4-6,9-14,17-24,30,35,39H,3,7-8,15-16,25-27H2,1H3. The highest BCUT2D eigenvalue weighted by molar-refractivity contribution is 6.12. The third kappa shape index (κ3) is 8.38. The molecule has 0 radical (unpaired) electrons. The number of methoxy groups -OCH3 is 1. The van der Waals surface area contributed by atoms with Crippen molar-refractivity contribution in [2.45, 2.75) is 44.6 Å². The minimum absolute atomic E-state index is 0.0676. The number of amides is 1. The molecule has 45 heavy (non-hydrogen) atoms. The highest BCUT2D eigenvalue weighted by Crippen LogP contribution is 2.28. The molecule has 0 saturated heterocycles. The average Bonchev–Trinajstić information content (AvgIpc) is 3.11. The Morgan fingerprint density at radius 1 is 0.800 bits per heavy atom. The number of rotatable bonds is 13. The number of para-hydroxylation sites is 2. The maximum absolute atomic E-state index is 13.4. The average molecular weight is 605 g/mol. The molecule has 1 atom stereocenters. The summed E-state index contributed by atoms with van der Waals surface area (Å²) in [6, 6.07) is 32.9. The SMILES string of the molecule is COC(=O)C(Cc1ccc(OCCN(C(=O)C2CCCCC2)c2ccccc2)cc1)Nc1ccccc1C(=O)c1ccccc1. The summed E-state index contributed by atoms with van der Waals surface area (Å²) in [5, 5.41) is 3.25. The molecule has 0 aliphatic heterocycles. The predicted molar refractivity (Wildman–Crippen MR) is 177 cm³/mol. The molecule has 0 aromatic heterocycles. The zero-order valence-corrected chi connectivity index (χ0v) is 25.7. The first-order valence-corrected chi connectivity index (χ1v) is 15.6. The van der Waals surface area contributed by atoms with Gasteiger partial charge in [-0.05, 0) is 54.8 Å². The fourth-order valence-electron chi connectivity index (χ4n) is 5.83. The molecule has 7 nitrogen and oxygen atoms in total. The van der Waals surface area contributed by atoms with Gasteiger partial charge in [0, 0.05) is 34.8 Å². The first-order chi connectivity index (χ1) is 22.0. The van der Waals surface area contributed by atoms with Gasteiger partial charge in [0.25, 0.3) is 0 Å². The number of nitrogens with zero attached hydrogens (tertiary/aromatic N) is 1. The van der Waals surface area contributed by atoms with Gasteiger partial charge >= 0.3 is 5.97 Å². The number of ketones is 1. The number of carbonyl (C=O) groups excluding carboxylic acids is 3. The lowest BCUT2D eigenvalue weighted by Crippen LogP contribution is -2.39. The van der Waals surface area contributed by atoms with Crippen molar-refractivity contribution >= 4 is 29.0 Å². The topological polar surface area (TPSA) is 84.9 Å². The minimum atomic E-state index is -0.711. The van der Waals surface area contributed by atoms with Gasteiger partial charge in [-0.2, -0.15) is 0 Å². The van der Waals surface area contributed by atoms with Gasteiger partial charge < -0.3 is 19.7 Å². The first-order valence-electron chi connectivity index (χ1n) is 15.6. The Bertz CT molecular complexity index is 1550. The molecule has 0 spiro atoms. The third-order valence-electron chi connectivity index (χ3n) is 8.26. The van der Waals surface area contributed by atoms with Crippen molar-refractivity contribution in [2.75, 3.05) is 30.5 Å². The summed E-state index contributed by atoms with van der Waals surface area (Å²) in [4.78, 5) is 41.3. The molecule has 1 aliphatic carbocycles. The molecule has 232 valence electrons. The lowest BCUT2D eigenvalue weighted by atomic mass is 9.88. The lowest BCUT2D eigenvalue weighted by Gasteiger charge is -2.29. The predicted octanol–water partition coefficient (Wildman–Crippen LogP) is 7.11. The van der Waals surface area contributed by atoms with E-state index in [1.165, 1.54) is 13.5 Å². The molecule has 5 rings (SSSR count). The van der Waals surface area contributed by atoms with E-state index < -0.39 is 12.0 Å². The maximum atomic E-state index is 13.4. The lowest BCUT2D eigenvalue weighted by molar-refractivity contribution is -0.141. The van der Waals surface area contributed by atoms with Gasteiger partial charge in [-0.25, -0.2) is 4.79 Å². The Balaban J connectivity index is 1.22. The number of hydrogen-bond donors (Lipinski definition) is 1. The molecule has 7 heteroatoms. The van der Waals surface area contributed by atoms with E-state index in [1.54, 1.807) is 30.3 Å². The van der Waals surface area contributed by atoms with E-state index >= 15 is 0 Å². The largest absolute Gasteiger partial charge is 0.492 e. The van der Waals surface area contributed by atoms with Gasteiger partial charge in [0.1, 0.15) is 18.4 Å². The third-order valence-corrected chi connectivity index (χ3v) is 8.26. The van der Waals surface area contributed by atoms with Crippen molar-refractivity contribution in [3.05, 3.63) is 126 Å². The van der Waals surface area contributed by atoms with E-state index in [2.05, 4.69) is 5.32 Å². The normalized spacial score (nSPS) is 13.8. The Labute approximate surface area is 265 Å². The van der Waals surface area contributed by atoms with Crippen LogP contribution in [0.25, 0.3) is 0 Å². The number of nitrogens with one attached hydrogen (secondary N) is 1. The summed E-state index contributed by atoms with van der Waals surface area (Å²) in [6.07, 6.45) is 5.64. The van der Waals surface area contributed by atoms with E-state index in [1.807, 2.05) is 83.8 Å². The van der Waals surface area contributed by atoms with Crippen LogP contribution in [0, 0.1) is 5.92 Å². The van der Waals surface area contributed by atoms with Crippen molar-refractivity contribution in [2.24, 2.45) is 5.92 Å². The van der Waals surface area contributed by atoms with Crippen molar-refractivity contribution in [3.8, 4) is 5.75 Å². The van der Waals surface area contributed by atoms with Crippen LogP contribution < -0.4 is 15.0 Å². The van der Waals surface area contributed by atoms with Crippen molar-refractivity contribution in [1.82, 2.24) is 0 Å². The Morgan fingerprint density at radius 3 is 2.13 bits per heavy atom. The van der Waals surface area contributed by atoms with Crippen molar-refractivity contribution in [3.63, 3.8) is 0 Å². The highest BCUT2D eigenvalue weighted by atomic mass is 16.5. The van der Waals surface area contributed by atoms with E-state index in [0.717, 1.165) is 36.9 Å². The monoisotopic (exact) mass is 604 g/mol. The second-order valence-corrected chi connectivity index (χ2v) is 11.3. The molecule has 0 heterocycles. The number of benzene rings is 4.